The molecule has 0 bridgehead atoms. The number of carbonyl (C=O) groups excluding carboxylic acids is 1. The van der Waals surface area contributed by atoms with Crippen LogP contribution in [0.4, 0.5) is 5.69 Å². The Morgan fingerprint density at radius 2 is 1.71 bits per heavy atom. The van der Waals surface area contributed by atoms with Crippen LogP contribution in [-0.4, -0.2) is 27.1 Å². The zero-order valence-electron chi connectivity index (χ0n) is 16.5. The van der Waals surface area contributed by atoms with E-state index in [0.717, 1.165) is 15.4 Å². The number of benzene rings is 3. The summed E-state index contributed by atoms with van der Waals surface area (Å²) in [7, 11) is -4.07. The van der Waals surface area contributed by atoms with Gasteiger partial charge in [-0.2, -0.15) is 5.10 Å². The third-order valence-electron chi connectivity index (χ3n) is 4.28. The van der Waals surface area contributed by atoms with Gasteiger partial charge in [0.25, 0.3) is 15.9 Å². The standard InChI is InChI=1S/C22H19Cl2N3O3S/c1-16-7-9-17(10-8-16)14-25-26-22(28)15-27(21-12-11-18(23)13-20(21)24)31(29,30)19-5-3-2-4-6-19/h2-14H,15H2,1H3,(H,26,28)/b25-14-. The van der Waals surface area contributed by atoms with Crippen molar-refractivity contribution in [3.05, 3.63) is 94.0 Å². The van der Waals surface area contributed by atoms with Crippen molar-refractivity contribution in [3.8, 4) is 0 Å². The van der Waals surface area contributed by atoms with Crippen LogP contribution in [0.2, 0.25) is 10.0 Å². The van der Waals surface area contributed by atoms with Crippen LogP contribution in [0.5, 0.6) is 0 Å². The fourth-order valence-corrected chi connectivity index (χ4v) is 4.72. The molecule has 1 amide bonds. The normalized spacial score (nSPS) is 11.5. The molecule has 3 aromatic carbocycles. The van der Waals surface area contributed by atoms with Gasteiger partial charge in [0.15, 0.2) is 0 Å². The zero-order chi connectivity index (χ0) is 22.4. The lowest BCUT2D eigenvalue weighted by molar-refractivity contribution is -0.119. The minimum absolute atomic E-state index is 0.0250. The second-order valence-corrected chi connectivity index (χ2v) is 9.33. The molecule has 0 fully saturated rings. The molecule has 3 aromatic rings. The third kappa shape index (κ3) is 5.85. The van der Waals surface area contributed by atoms with Gasteiger partial charge in [0, 0.05) is 5.02 Å². The van der Waals surface area contributed by atoms with E-state index in [0.29, 0.717) is 5.02 Å². The Kier molecular flexibility index (Phi) is 7.33. The molecule has 0 atom stereocenters. The molecule has 0 saturated carbocycles. The third-order valence-corrected chi connectivity index (χ3v) is 6.59. The first-order valence-corrected chi connectivity index (χ1v) is 11.4. The number of nitrogens with zero attached hydrogens (tertiary/aromatic N) is 2. The first kappa shape index (κ1) is 22.8. The van der Waals surface area contributed by atoms with E-state index in [4.69, 9.17) is 23.2 Å². The van der Waals surface area contributed by atoms with Gasteiger partial charge in [0.1, 0.15) is 6.54 Å². The Balaban J connectivity index is 1.86. The predicted molar refractivity (Wildman–Crippen MR) is 124 cm³/mol. The number of nitrogens with one attached hydrogen (secondary N) is 1. The largest absolute Gasteiger partial charge is 0.271 e. The summed E-state index contributed by atoms with van der Waals surface area (Å²) in [5.74, 6) is -0.631. The molecular weight excluding hydrogens is 457 g/mol. The van der Waals surface area contributed by atoms with Gasteiger partial charge in [-0.05, 0) is 42.8 Å². The quantitative estimate of drug-likeness (QED) is 0.399. The van der Waals surface area contributed by atoms with Crippen LogP contribution in [0.1, 0.15) is 11.1 Å². The fourth-order valence-electron chi connectivity index (χ4n) is 2.70. The summed E-state index contributed by atoms with van der Waals surface area (Å²) in [6, 6.07) is 19.7. The van der Waals surface area contributed by atoms with Crippen LogP contribution < -0.4 is 9.73 Å². The van der Waals surface area contributed by atoms with Gasteiger partial charge in [-0.25, -0.2) is 13.8 Å². The summed E-state index contributed by atoms with van der Waals surface area (Å²) < 4.78 is 27.4. The molecule has 0 saturated heterocycles. The fraction of sp³-hybridized carbons (Fsp3) is 0.0909. The average molecular weight is 476 g/mol. The SMILES string of the molecule is Cc1ccc(/C=N\NC(=O)CN(c2ccc(Cl)cc2Cl)S(=O)(=O)c2ccccc2)cc1. The van der Waals surface area contributed by atoms with Crippen LogP contribution in [0.25, 0.3) is 0 Å². The number of amides is 1. The number of hydrogen-bond acceptors (Lipinski definition) is 4. The second kappa shape index (κ2) is 9.96. The van der Waals surface area contributed by atoms with E-state index in [1.54, 1.807) is 18.2 Å². The van der Waals surface area contributed by atoms with Crippen molar-refractivity contribution in [1.82, 2.24) is 5.43 Å². The first-order chi connectivity index (χ1) is 14.8. The van der Waals surface area contributed by atoms with Crippen molar-refractivity contribution in [2.24, 2.45) is 5.10 Å². The Bertz CT molecular complexity index is 1200. The number of anilines is 1. The van der Waals surface area contributed by atoms with Gasteiger partial charge in [0.05, 0.1) is 21.8 Å². The molecule has 3 rings (SSSR count). The van der Waals surface area contributed by atoms with Gasteiger partial charge >= 0.3 is 0 Å². The number of rotatable bonds is 7. The van der Waals surface area contributed by atoms with Crippen LogP contribution in [-0.2, 0) is 14.8 Å². The molecule has 160 valence electrons. The lowest BCUT2D eigenvalue weighted by Crippen LogP contribution is -2.39. The highest BCUT2D eigenvalue weighted by Gasteiger charge is 2.28. The molecule has 0 aliphatic carbocycles. The highest BCUT2D eigenvalue weighted by Crippen LogP contribution is 2.32. The maximum atomic E-state index is 13.2. The van der Waals surface area contributed by atoms with Crippen molar-refractivity contribution in [3.63, 3.8) is 0 Å². The predicted octanol–water partition coefficient (Wildman–Crippen LogP) is 4.65. The number of hydrogen-bond donors (Lipinski definition) is 1. The van der Waals surface area contributed by atoms with Crippen LogP contribution in [0.3, 0.4) is 0 Å². The number of carbonyl (C=O) groups is 1. The maximum absolute atomic E-state index is 13.2. The van der Waals surface area contributed by atoms with E-state index in [-0.39, 0.29) is 15.6 Å². The average Bonchev–Trinajstić information content (AvgIpc) is 2.74. The Morgan fingerprint density at radius 3 is 2.35 bits per heavy atom. The molecular formula is C22H19Cl2N3O3S. The summed E-state index contributed by atoms with van der Waals surface area (Å²) in [6.07, 6.45) is 1.47. The summed E-state index contributed by atoms with van der Waals surface area (Å²) in [5.41, 5.74) is 4.38. The highest BCUT2D eigenvalue weighted by molar-refractivity contribution is 7.92. The topological polar surface area (TPSA) is 78.8 Å². The molecule has 0 aliphatic rings. The van der Waals surface area contributed by atoms with E-state index in [1.165, 1.54) is 36.5 Å². The van der Waals surface area contributed by atoms with Crippen molar-refractivity contribution >= 4 is 51.0 Å². The number of halogens is 2. The van der Waals surface area contributed by atoms with E-state index in [9.17, 15) is 13.2 Å². The lowest BCUT2D eigenvalue weighted by Gasteiger charge is -2.24. The lowest BCUT2D eigenvalue weighted by atomic mass is 10.2. The van der Waals surface area contributed by atoms with Crippen molar-refractivity contribution in [2.45, 2.75) is 11.8 Å². The molecule has 31 heavy (non-hydrogen) atoms. The smallest absolute Gasteiger partial charge is 0.264 e. The van der Waals surface area contributed by atoms with Crippen molar-refractivity contribution in [2.75, 3.05) is 10.8 Å². The summed E-state index contributed by atoms with van der Waals surface area (Å²) in [4.78, 5) is 12.6. The number of hydrazone groups is 1. The summed E-state index contributed by atoms with van der Waals surface area (Å²) in [6.45, 7) is 1.44. The molecule has 9 heteroatoms. The molecule has 0 spiro atoms. The van der Waals surface area contributed by atoms with Crippen molar-refractivity contribution in [1.29, 1.82) is 0 Å². The number of sulfonamides is 1. The van der Waals surface area contributed by atoms with E-state index >= 15 is 0 Å². The molecule has 0 radical (unpaired) electrons. The summed E-state index contributed by atoms with van der Waals surface area (Å²) in [5, 5.41) is 4.35. The molecule has 0 aliphatic heterocycles. The maximum Gasteiger partial charge on any atom is 0.264 e. The van der Waals surface area contributed by atoms with Gasteiger partial charge in [-0.1, -0.05) is 71.2 Å². The first-order valence-electron chi connectivity index (χ1n) is 9.19. The molecule has 0 unspecified atom stereocenters. The molecule has 1 N–H and O–H groups in total. The Morgan fingerprint density at radius 1 is 1.03 bits per heavy atom. The van der Waals surface area contributed by atoms with Crippen LogP contribution >= 0.6 is 23.2 Å². The van der Waals surface area contributed by atoms with Crippen LogP contribution in [0.15, 0.2) is 82.8 Å². The van der Waals surface area contributed by atoms with Gasteiger partial charge < -0.3 is 0 Å². The molecule has 0 heterocycles. The van der Waals surface area contributed by atoms with E-state index in [2.05, 4.69) is 10.5 Å². The van der Waals surface area contributed by atoms with Gasteiger partial charge in [0.2, 0.25) is 0 Å². The Labute approximate surface area is 191 Å². The molecule has 6 nitrogen and oxygen atoms in total. The van der Waals surface area contributed by atoms with E-state index in [1.807, 2.05) is 31.2 Å². The molecule has 0 aromatic heterocycles. The minimum Gasteiger partial charge on any atom is -0.271 e. The summed E-state index contributed by atoms with van der Waals surface area (Å²) >= 11 is 12.2. The minimum atomic E-state index is -4.07. The second-order valence-electron chi connectivity index (χ2n) is 6.62. The van der Waals surface area contributed by atoms with Crippen molar-refractivity contribution < 1.29 is 13.2 Å². The van der Waals surface area contributed by atoms with Crippen LogP contribution in [0, 0.1) is 6.92 Å². The zero-order valence-corrected chi connectivity index (χ0v) is 18.8. The number of aryl methyl sites for hydroxylation is 1. The Hall–Kier alpha value is -2.87. The highest BCUT2D eigenvalue weighted by atomic mass is 35.5. The van der Waals surface area contributed by atoms with E-state index < -0.39 is 22.5 Å². The monoisotopic (exact) mass is 475 g/mol. The van der Waals surface area contributed by atoms with Gasteiger partial charge in [-0.3, -0.25) is 9.10 Å². The van der Waals surface area contributed by atoms with Gasteiger partial charge in [-0.15, -0.1) is 0 Å².